The molecule has 5 heteroatoms. The predicted octanol–water partition coefficient (Wildman–Crippen LogP) is 1.24. The van der Waals surface area contributed by atoms with Crippen molar-refractivity contribution in [3.63, 3.8) is 0 Å². The van der Waals surface area contributed by atoms with Crippen LogP contribution < -0.4 is 16.4 Å². The Morgan fingerprint density at radius 1 is 1.53 bits per heavy atom. The molecule has 17 heavy (non-hydrogen) atoms. The Morgan fingerprint density at radius 2 is 2.29 bits per heavy atom. The summed E-state index contributed by atoms with van der Waals surface area (Å²) in [5, 5.41) is 5.99. The SMILES string of the molecule is CC(C)CNC(=O)CCNc1ccnc(N)c1. The van der Waals surface area contributed by atoms with Crippen LogP contribution >= 0.6 is 0 Å². The second kappa shape index (κ2) is 6.73. The lowest BCUT2D eigenvalue weighted by molar-refractivity contribution is -0.120. The maximum absolute atomic E-state index is 11.4. The first-order chi connectivity index (χ1) is 8.08. The molecule has 1 amide bonds. The van der Waals surface area contributed by atoms with Crippen molar-refractivity contribution in [1.82, 2.24) is 10.3 Å². The number of rotatable bonds is 6. The highest BCUT2D eigenvalue weighted by Gasteiger charge is 2.02. The number of hydrogen-bond acceptors (Lipinski definition) is 4. The van der Waals surface area contributed by atoms with Crippen molar-refractivity contribution >= 4 is 17.4 Å². The molecule has 1 rings (SSSR count). The number of nitrogen functional groups attached to an aromatic ring is 1. The summed E-state index contributed by atoms with van der Waals surface area (Å²) >= 11 is 0. The van der Waals surface area contributed by atoms with Gasteiger partial charge in [0, 0.05) is 37.5 Å². The molecule has 4 N–H and O–H groups in total. The fraction of sp³-hybridized carbons (Fsp3) is 0.500. The van der Waals surface area contributed by atoms with Crippen molar-refractivity contribution in [3.8, 4) is 0 Å². The summed E-state index contributed by atoms with van der Waals surface area (Å²) in [5.74, 6) is 1.01. The van der Waals surface area contributed by atoms with Gasteiger partial charge in [0.15, 0.2) is 0 Å². The summed E-state index contributed by atoms with van der Waals surface area (Å²) in [6.45, 7) is 5.45. The molecule has 0 saturated carbocycles. The normalized spacial score (nSPS) is 10.3. The first-order valence-corrected chi connectivity index (χ1v) is 5.80. The van der Waals surface area contributed by atoms with Crippen LogP contribution in [0.5, 0.6) is 0 Å². The minimum Gasteiger partial charge on any atom is -0.384 e. The van der Waals surface area contributed by atoms with Gasteiger partial charge >= 0.3 is 0 Å². The van der Waals surface area contributed by atoms with Gasteiger partial charge in [-0.3, -0.25) is 4.79 Å². The van der Waals surface area contributed by atoms with Crippen molar-refractivity contribution in [1.29, 1.82) is 0 Å². The van der Waals surface area contributed by atoms with Gasteiger partial charge in [-0.15, -0.1) is 0 Å². The molecule has 0 spiro atoms. The number of aromatic nitrogens is 1. The molecule has 0 saturated heterocycles. The highest BCUT2D eigenvalue weighted by atomic mass is 16.1. The van der Waals surface area contributed by atoms with Crippen molar-refractivity contribution in [2.45, 2.75) is 20.3 Å². The Hall–Kier alpha value is -1.78. The molecule has 5 nitrogen and oxygen atoms in total. The number of pyridine rings is 1. The van der Waals surface area contributed by atoms with Crippen molar-refractivity contribution in [2.24, 2.45) is 5.92 Å². The zero-order chi connectivity index (χ0) is 12.7. The van der Waals surface area contributed by atoms with E-state index < -0.39 is 0 Å². The highest BCUT2D eigenvalue weighted by molar-refractivity contribution is 5.76. The fourth-order valence-electron chi connectivity index (χ4n) is 1.29. The molecule has 1 aromatic heterocycles. The van der Waals surface area contributed by atoms with Gasteiger partial charge in [-0.05, 0) is 12.0 Å². The first-order valence-electron chi connectivity index (χ1n) is 5.80. The van der Waals surface area contributed by atoms with Crippen molar-refractivity contribution in [2.75, 3.05) is 24.1 Å². The summed E-state index contributed by atoms with van der Waals surface area (Å²) in [6, 6.07) is 3.56. The van der Waals surface area contributed by atoms with Crippen LogP contribution in [0.15, 0.2) is 18.3 Å². The summed E-state index contributed by atoms with van der Waals surface area (Å²) < 4.78 is 0. The van der Waals surface area contributed by atoms with Gasteiger partial charge in [-0.2, -0.15) is 0 Å². The Kier molecular flexibility index (Phi) is 5.26. The maximum Gasteiger partial charge on any atom is 0.221 e. The van der Waals surface area contributed by atoms with Crippen molar-refractivity contribution < 1.29 is 4.79 Å². The van der Waals surface area contributed by atoms with E-state index in [-0.39, 0.29) is 5.91 Å². The second-order valence-corrected chi connectivity index (χ2v) is 4.34. The van der Waals surface area contributed by atoms with Crippen LogP contribution in [0, 0.1) is 5.92 Å². The molecule has 1 heterocycles. The number of nitrogens with two attached hydrogens (primary N) is 1. The van der Waals surface area contributed by atoms with E-state index >= 15 is 0 Å². The number of nitrogens with one attached hydrogen (secondary N) is 2. The zero-order valence-electron chi connectivity index (χ0n) is 10.4. The number of nitrogens with zero attached hydrogens (tertiary/aromatic N) is 1. The second-order valence-electron chi connectivity index (χ2n) is 4.34. The van der Waals surface area contributed by atoms with Gasteiger partial charge in [0.1, 0.15) is 5.82 Å². The van der Waals surface area contributed by atoms with Crippen LogP contribution in [0.25, 0.3) is 0 Å². The fourth-order valence-corrected chi connectivity index (χ4v) is 1.29. The number of carbonyl (C=O) groups is 1. The third-order valence-electron chi connectivity index (χ3n) is 2.17. The zero-order valence-corrected chi connectivity index (χ0v) is 10.4. The highest BCUT2D eigenvalue weighted by Crippen LogP contribution is 2.08. The molecule has 0 aliphatic carbocycles. The van der Waals surface area contributed by atoms with Crippen LogP contribution in [-0.2, 0) is 4.79 Å². The topological polar surface area (TPSA) is 80.0 Å². The lowest BCUT2D eigenvalue weighted by Crippen LogP contribution is -2.28. The van der Waals surface area contributed by atoms with Gasteiger partial charge in [-0.25, -0.2) is 4.98 Å². The molecule has 0 fully saturated rings. The summed E-state index contributed by atoms with van der Waals surface area (Å²) in [7, 11) is 0. The maximum atomic E-state index is 11.4. The molecule has 0 atom stereocenters. The number of amides is 1. The van der Waals surface area contributed by atoms with Crippen LogP contribution in [-0.4, -0.2) is 24.0 Å². The quantitative estimate of drug-likeness (QED) is 0.694. The molecule has 0 aliphatic rings. The average molecular weight is 236 g/mol. The number of anilines is 2. The summed E-state index contributed by atoms with van der Waals surface area (Å²) in [6.07, 6.45) is 2.09. The lowest BCUT2D eigenvalue weighted by Gasteiger charge is -2.09. The molecule has 0 radical (unpaired) electrons. The van der Waals surface area contributed by atoms with E-state index in [1.165, 1.54) is 0 Å². The molecular weight excluding hydrogens is 216 g/mol. The predicted molar refractivity (Wildman–Crippen MR) is 69.6 cm³/mol. The Balaban J connectivity index is 2.21. The molecule has 1 aromatic rings. The van der Waals surface area contributed by atoms with Crippen molar-refractivity contribution in [3.05, 3.63) is 18.3 Å². The van der Waals surface area contributed by atoms with Crippen LogP contribution in [0.1, 0.15) is 20.3 Å². The smallest absolute Gasteiger partial charge is 0.221 e. The minimum absolute atomic E-state index is 0.0632. The average Bonchev–Trinajstić information content (AvgIpc) is 2.26. The number of hydrogen-bond donors (Lipinski definition) is 3. The third kappa shape index (κ3) is 5.75. The van der Waals surface area contributed by atoms with E-state index in [0.29, 0.717) is 24.7 Å². The monoisotopic (exact) mass is 236 g/mol. The Labute approximate surface area is 102 Å². The molecule has 0 unspecified atom stereocenters. The van der Waals surface area contributed by atoms with E-state index in [9.17, 15) is 4.79 Å². The molecule has 0 aromatic carbocycles. The van der Waals surface area contributed by atoms with Crippen LogP contribution in [0.2, 0.25) is 0 Å². The molecule has 94 valence electrons. The minimum atomic E-state index is 0.0632. The lowest BCUT2D eigenvalue weighted by atomic mass is 10.2. The van der Waals surface area contributed by atoms with E-state index in [4.69, 9.17) is 5.73 Å². The molecule has 0 aliphatic heterocycles. The van der Waals surface area contributed by atoms with Gasteiger partial charge in [-0.1, -0.05) is 13.8 Å². The van der Waals surface area contributed by atoms with Gasteiger partial charge < -0.3 is 16.4 Å². The van der Waals surface area contributed by atoms with E-state index in [1.807, 2.05) is 6.07 Å². The molecular formula is C12H20N4O. The molecule has 0 bridgehead atoms. The van der Waals surface area contributed by atoms with E-state index in [2.05, 4.69) is 29.5 Å². The van der Waals surface area contributed by atoms with E-state index in [0.717, 1.165) is 12.2 Å². The van der Waals surface area contributed by atoms with Crippen LogP contribution in [0.4, 0.5) is 11.5 Å². The standard InChI is InChI=1S/C12H20N4O/c1-9(2)8-16-12(17)4-6-14-10-3-5-15-11(13)7-10/h3,5,7,9H,4,6,8H2,1-2H3,(H,16,17)(H3,13,14,15). The summed E-state index contributed by atoms with van der Waals surface area (Å²) in [5.41, 5.74) is 6.42. The van der Waals surface area contributed by atoms with E-state index in [1.54, 1.807) is 12.3 Å². The van der Waals surface area contributed by atoms with Gasteiger partial charge in [0.25, 0.3) is 0 Å². The first kappa shape index (κ1) is 13.3. The largest absolute Gasteiger partial charge is 0.384 e. The van der Waals surface area contributed by atoms with Crippen LogP contribution in [0.3, 0.4) is 0 Å². The van der Waals surface area contributed by atoms with Gasteiger partial charge in [0.2, 0.25) is 5.91 Å². The number of carbonyl (C=O) groups excluding carboxylic acids is 1. The van der Waals surface area contributed by atoms with Gasteiger partial charge in [0.05, 0.1) is 0 Å². The Morgan fingerprint density at radius 3 is 2.94 bits per heavy atom. The summed E-state index contributed by atoms with van der Waals surface area (Å²) in [4.78, 5) is 15.3. The Bertz CT molecular complexity index is 365. The third-order valence-corrected chi connectivity index (χ3v) is 2.17.